The van der Waals surface area contributed by atoms with Gasteiger partial charge < -0.3 is 10.1 Å². The van der Waals surface area contributed by atoms with Gasteiger partial charge in [0.1, 0.15) is 22.4 Å². The number of fused-ring (bicyclic) bond motifs is 1. The Bertz CT molecular complexity index is 888. The van der Waals surface area contributed by atoms with E-state index in [1.54, 1.807) is 13.3 Å². The molecule has 0 aliphatic rings. The van der Waals surface area contributed by atoms with Crippen LogP contribution in [0.2, 0.25) is 0 Å². The Morgan fingerprint density at radius 3 is 2.87 bits per heavy atom. The summed E-state index contributed by atoms with van der Waals surface area (Å²) in [5, 5.41) is 13.3. The second kappa shape index (κ2) is 6.51. The predicted molar refractivity (Wildman–Crippen MR) is 94.6 cm³/mol. The number of benzene rings is 2. The predicted octanol–water partition coefficient (Wildman–Crippen LogP) is 4.59. The van der Waals surface area contributed by atoms with Gasteiger partial charge in [0.25, 0.3) is 0 Å². The Kier molecular flexibility index (Phi) is 4.26. The summed E-state index contributed by atoms with van der Waals surface area (Å²) in [6, 6.07) is 15.9. The van der Waals surface area contributed by atoms with Crippen molar-refractivity contribution in [1.82, 2.24) is 4.98 Å². The number of nitrogens with one attached hydrogen (secondary N) is 1. The number of hydrogen-bond acceptors (Lipinski definition) is 5. The zero-order valence-corrected chi connectivity index (χ0v) is 13.6. The first-order valence-corrected chi connectivity index (χ1v) is 7.90. The van der Waals surface area contributed by atoms with Crippen molar-refractivity contribution in [3.05, 3.63) is 59.2 Å². The average molecular weight is 321 g/mol. The van der Waals surface area contributed by atoms with Crippen LogP contribution in [-0.4, -0.2) is 12.1 Å². The topological polar surface area (TPSA) is 57.9 Å². The SMILES string of the molecule is COc1ccc(C)cc1N/C=C(/C#N)c1nc2ccccc2s1. The molecule has 1 aromatic heterocycles. The molecule has 0 bridgehead atoms. The Morgan fingerprint density at radius 2 is 2.13 bits per heavy atom. The van der Waals surface area contributed by atoms with E-state index in [1.807, 2.05) is 49.4 Å². The van der Waals surface area contributed by atoms with Crippen molar-refractivity contribution in [1.29, 1.82) is 5.26 Å². The molecule has 2 aromatic carbocycles. The molecule has 0 aliphatic heterocycles. The molecule has 114 valence electrons. The van der Waals surface area contributed by atoms with Crippen molar-refractivity contribution in [3.63, 3.8) is 0 Å². The van der Waals surface area contributed by atoms with Crippen molar-refractivity contribution in [2.45, 2.75) is 6.92 Å². The van der Waals surface area contributed by atoms with E-state index < -0.39 is 0 Å². The molecule has 3 rings (SSSR count). The van der Waals surface area contributed by atoms with Gasteiger partial charge in [-0.1, -0.05) is 18.2 Å². The molecule has 0 saturated heterocycles. The van der Waals surface area contributed by atoms with Gasteiger partial charge in [0, 0.05) is 6.20 Å². The van der Waals surface area contributed by atoms with Gasteiger partial charge in [-0.2, -0.15) is 5.26 Å². The summed E-state index contributed by atoms with van der Waals surface area (Å²) in [4.78, 5) is 4.51. The lowest BCUT2D eigenvalue weighted by molar-refractivity contribution is 0.416. The second-order valence-electron chi connectivity index (χ2n) is 5.00. The smallest absolute Gasteiger partial charge is 0.142 e. The van der Waals surface area contributed by atoms with Crippen LogP contribution in [0.15, 0.2) is 48.7 Å². The van der Waals surface area contributed by atoms with Crippen molar-refractivity contribution in [2.24, 2.45) is 0 Å². The molecule has 0 spiro atoms. The van der Waals surface area contributed by atoms with Crippen molar-refractivity contribution in [2.75, 3.05) is 12.4 Å². The highest BCUT2D eigenvalue weighted by Crippen LogP contribution is 2.28. The first-order chi connectivity index (χ1) is 11.2. The molecule has 4 nitrogen and oxygen atoms in total. The molecule has 0 fully saturated rings. The minimum Gasteiger partial charge on any atom is -0.495 e. The van der Waals surface area contributed by atoms with Gasteiger partial charge in [0.15, 0.2) is 0 Å². The third-order valence-corrected chi connectivity index (χ3v) is 4.44. The first kappa shape index (κ1) is 15.1. The molecule has 0 radical (unpaired) electrons. The molecule has 0 aliphatic carbocycles. The number of methoxy groups -OCH3 is 1. The van der Waals surface area contributed by atoms with Crippen LogP contribution in [0.1, 0.15) is 10.6 Å². The number of nitrogens with zero attached hydrogens (tertiary/aromatic N) is 2. The molecule has 5 heteroatoms. The summed E-state index contributed by atoms with van der Waals surface area (Å²) >= 11 is 1.51. The fraction of sp³-hybridized carbons (Fsp3) is 0.111. The molecule has 0 amide bonds. The first-order valence-electron chi connectivity index (χ1n) is 7.08. The number of nitriles is 1. The number of allylic oxidation sites excluding steroid dienone is 1. The molecule has 0 atom stereocenters. The Hall–Kier alpha value is -2.84. The summed E-state index contributed by atoms with van der Waals surface area (Å²) in [6.07, 6.45) is 1.68. The maximum atomic E-state index is 9.44. The molecular weight excluding hydrogens is 306 g/mol. The van der Waals surface area contributed by atoms with Gasteiger partial charge in [0.2, 0.25) is 0 Å². The van der Waals surface area contributed by atoms with Gasteiger partial charge in [-0.15, -0.1) is 11.3 Å². The zero-order valence-electron chi connectivity index (χ0n) is 12.8. The van der Waals surface area contributed by atoms with E-state index in [1.165, 1.54) is 11.3 Å². The summed E-state index contributed by atoms with van der Waals surface area (Å²) in [6.45, 7) is 2.01. The maximum Gasteiger partial charge on any atom is 0.142 e. The highest BCUT2D eigenvalue weighted by atomic mass is 32.1. The van der Waals surface area contributed by atoms with Crippen LogP contribution in [0.4, 0.5) is 5.69 Å². The lowest BCUT2D eigenvalue weighted by Crippen LogP contribution is -1.95. The third-order valence-electron chi connectivity index (χ3n) is 3.37. The number of para-hydroxylation sites is 1. The second-order valence-corrected chi connectivity index (χ2v) is 6.04. The number of thiazole rings is 1. The van der Waals surface area contributed by atoms with E-state index >= 15 is 0 Å². The molecule has 3 aromatic rings. The Balaban J connectivity index is 1.93. The lowest BCUT2D eigenvalue weighted by atomic mass is 10.2. The fourth-order valence-corrected chi connectivity index (χ4v) is 3.15. The molecule has 0 unspecified atom stereocenters. The lowest BCUT2D eigenvalue weighted by Gasteiger charge is -2.09. The highest BCUT2D eigenvalue weighted by molar-refractivity contribution is 7.19. The third kappa shape index (κ3) is 3.17. The maximum absolute atomic E-state index is 9.44. The molecule has 23 heavy (non-hydrogen) atoms. The highest BCUT2D eigenvalue weighted by Gasteiger charge is 2.09. The normalized spacial score (nSPS) is 11.3. The van der Waals surface area contributed by atoms with Crippen LogP contribution >= 0.6 is 11.3 Å². The van der Waals surface area contributed by atoms with Crippen LogP contribution in [0.5, 0.6) is 5.75 Å². The standard InChI is InChI=1S/C18H15N3OS/c1-12-7-8-16(22-2)15(9-12)20-11-13(10-19)18-21-14-5-3-4-6-17(14)23-18/h3-9,11,20H,1-2H3/b13-11-. The summed E-state index contributed by atoms with van der Waals surface area (Å²) in [5.74, 6) is 0.730. The van der Waals surface area contributed by atoms with Crippen molar-refractivity contribution >= 4 is 32.8 Å². The summed E-state index contributed by atoms with van der Waals surface area (Å²) < 4.78 is 6.40. The van der Waals surface area contributed by atoms with E-state index in [4.69, 9.17) is 4.74 Å². The molecular formula is C18H15N3OS. The Labute approximate surface area is 138 Å². The van der Waals surface area contributed by atoms with E-state index in [-0.39, 0.29) is 0 Å². The van der Waals surface area contributed by atoms with Crippen molar-refractivity contribution < 1.29 is 4.74 Å². The van der Waals surface area contributed by atoms with Gasteiger partial charge in [-0.25, -0.2) is 4.98 Å². The number of aromatic nitrogens is 1. The number of hydrogen-bond donors (Lipinski definition) is 1. The molecule has 0 saturated carbocycles. The quantitative estimate of drug-likeness (QED) is 0.714. The molecule has 1 N–H and O–H groups in total. The van der Waals surface area contributed by atoms with Crippen LogP contribution < -0.4 is 10.1 Å². The zero-order chi connectivity index (χ0) is 16.2. The van der Waals surface area contributed by atoms with Crippen LogP contribution in [0.3, 0.4) is 0 Å². The number of ether oxygens (including phenoxy) is 1. The fourth-order valence-electron chi connectivity index (χ4n) is 2.21. The largest absolute Gasteiger partial charge is 0.495 e. The van der Waals surface area contributed by atoms with Gasteiger partial charge in [0.05, 0.1) is 23.0 Å². The van der Waals surface area contributed by atoms with E-state index in [0.29, 0.717) is 10.6 Å². The number of aryl methyl sites for hydroxylation is 1. The number of anilines is 1. The number of rotatable bonds is 4. The van der Waals surface area contributed by atoms with Gasteiger partial charge in [-0.05, 0) is 36.8 Å². The summed E-state index contributed by atoms with van der Waals surface area (Å²) in [7, 11) is 1.62. The summed E-state index contributed by atoms with van der Waals surface area (Å²) in [5.41, 5.74) is 3.33. The van der Waals surface area contributed by atoms with Gasteiger partial charge in [-0.3, -0.25) is 0 Å². The van der Waals surface area contributed by atoms with Crippen LogP contribution in [-0.2, 0) is 0 Å². The minimum absolute atomic E-state index is 0.495. The van der Waals surface area contributed by atoms with Crippen LogP contribution in [0, 0.1) is 18.3 Å². The molecule has 1 heterocycles. The van der Waals surface area contributed by atoms with Crippen molar-refractivity contribution in [3.8, 4) is 11.8 Å². The van der Waals surface area contributed by atoms with E-state index in [9.17, 15) is 5.26 Å². The van der Waals surface area contributed by atoms with Gasteiger partial charge >= 0.3 is 0 Å². The van der Waals surface area contributed by atoms with E-state index in [0.717, 1.165) is 27.2 Å². The average Bonchev–Trinajstić information content (AvgIpc) is 2.99. The Morgan fingerprint density at radius 1 is 1.30 bits per heavy atom. The van der Waals surface area contributed by atoms with E-state index in [2.05, 4.69) is 16.4 Å². The monoisotopic (exact) mass is 321 g/mol. The minimum atomic E-state index is 0.495. The van der Waals surface area contributed by atoms with Crippen LogP contribution in [0.25, 0.3) is 15.8 Å².